The van der Waals surface area contributed by atoms with E-state index in [1.807, 2.05) is 6.92 Å². The Labute approximate surface area is 104 Å². The predicted octanol–water partition coefficient (Wildman–Crippen LogP) is -0.270. The van der Waals surface area contributed by atoms with Gasteiger partial charge in [0.05, 0.1) is 18.5 Å². The molecule has 0 spiro atoms. The Hall–Kier alpha value is -0.170. The molecule has 1 aliphatic heterocycles. The zero-order valence-electron chi connectivity index (χ0n) is 11.0. The first-order chi connectivity index (χ1) is 7.93. The van der Waals surface area contributed by atoms with Gasteiger partial charge in [-0.15, -0.1) is 0 Å². The Bertz CT molecular complexity index is 319. The lowest BCUT2D eigenvalue weighted by Crippen LogP contribution is -2.47. The normalized spacial score (nSPS) is 24.8. The van der Waals surface area contributed by atoms with Crippen LogP contribution in [0.3, 0.4) is 0 Å². The number of morpholine rings is 1. The minimum atomic E-state index is -2.90. The number of nitrogens with one attached hydrogen (secondary N) is 1. The van der Waals surface area contributed by atoms with Crippen molar-refractivity contribution in [3.05, 3.63) is 0 Å². The standard InChI is InChI=1S/C11H24N2O3S/c1-4-17(14,15)9-10(2)12-7-11-8-13(3)5-6-16-11/h10-12H,4-9H2,1-3H3. The van der Waals surface area contributed by atoms with Gasteiger partial charge >= 0.3 is 0 Å². The molecule has 1 heterocycles. The molecule has 0 bridgehead atoms. The third-order valence-electron chi connectivity index (χ3n) is 2.98. The van der Waals surface area contributed by atoms with Crippen LogP contribution in [0.1, 0.15) is 13.8 Å². The highest BCUT2D eigenvalue weighted by molar-refractivity contribution is 7.91. The van der Waals surface area contributed by atoms with Gasteiger partial charge in [-0.2, -0.15) is 0 Å². The Morgan fingerprint density at radius 1 is 1.53 bits per heavy atom. The van der Waals surface area contributed by atoms with E-state index in [4.69, 9.17) is 4.74 Å². The number of ether oxygens (including phenoxy) is 1. The molecule has 0 amide bonds. The minimum Gasteiger partial charge on any atom is -0.374 e. The zero-order valence-corrected chi connectivity index (χ0v) is 11.8. The Morgan fingerprint density at radius 3 is 2.82 bits per heavy atom. The molecule has 2 atom stereocenters. The van der Waals surface area contributed by atoms with E-state index in [-0.39, 0.29) is 23.7 Å². The summed E-state index contributed by atoms with van der Waals surface area (Å²) in [6.45, 7) is 6.92. The first kappa shape index (κ1) is 14.9. The first-order valence-electron chi connectivity index (χ1n) is 6.17. The monoisotopic (exact) mass is 264 g/mol. The van der Waals surface area contributed by atoms with Crippen LogP contribution >= 0.6 is 0 Å². The molecule has 0 aromatic rings. The summed E-state index contributed by atoms with van der Waals surface area (Å²) in [6, 6.07) is -0.0178. The van der Waals surface area contributed by atoms with Crippen molar-refractivity contribution >= 4 is 9.84 Å². The lowest BCUT2D eigenvalue weighted by atomic mass is 10.2. The third kappa shape index (κ3) is 5.81. The molecular formula is C11H24N2O3S. The second-order valence-corrected chi connectivity index (χ2v) is 7.16. The van der Waals surface area contributed by atoms with Crippen molar-refractivity contribution in [2.45, 2.75) is 26.0 Å². The summed E-state index contributed by atoms with van der Waals surface area (Å²) in [5, 5.41) is 3.23. The quantitative estimate of drug-likeness (QED) is 0.716. The summed E-state index contributed by atoms with van der Waals surface area (Å²) in [5.74, 6) is 0.410. The Balaban J connectivity index is 2.25. The van der Waals surface area contributed by atoms with Crippen LogP contribution in [-0.4, -0.2) is 70.3 Å². The fourth-order valence-electron chi connectivity index (χ4n) is 1.88. The summed E-state index contributed by atoms with van der Waals surface area (Å²) in [5.41, 5.74) is 0. The van der Waals surface area contributed by atoms with Crippen molar-refractivity contribution < 1.29 is 13.2 Å². The summed E-state index contributed by atoms with van der Waals surface area (Å²) < 4.78 is 28.5. The molecule has 1 aliphatic rings. The van der Waals surface area contributed by atoms with Gasteiger partial charge < -0.3 is 15.0 Å². The molecule has 1 saturated heterocycles. The van der Waals surface area contributed by atoms with Crippen molar-refractivity contribution in [3.8, 4) is 0 Å². The average molecular weight is 264 g/mol. The fourth-order valence-corrected chi connectivity index (χ4v) is 3.00. The van der Waals surface area contributed by atoms with Crippen molar-refractivity contribution in [1.82, 2.24) is 10.2 Å². The topological polar surface area (TPSA) is 58.6 Å². The lowest BCUT2D eigenvalue weighted by Gasteiger charge is -2.31. The van der Waals surface area contributed by atoms with Gasteiger partial charge in [-0.05, 0) is 14.0 Å². The molecule has 0 saturated carbocycles. The van der Waals surface area contributed by atoms with E-state index >= 15 is 0 Å². The van der Waals surface area contributed by atoms with E-state index in [1.54, 1.807) is 6.92 Å². The fraction of sp³-hybridized carbons (Fsp3) is 1.00. The Kier molecular flexibility index (Phi) is 5.85. The molecule has 1 N–H and O–H groups in total. The first-order valence-corrected chi connectivity index (χ1v) is 7.99. The summed E-state index contributed by atoms with van der Waals surface area (Å²) in [4.78, 5) is 2.23. The summed E-state index contributed by atoms with van der Waals surface area (Å²) >= 11 is 0. The molecule has 102 valence electrons. The van der Waals surface area contributed by atoms with Gasteiger partial charge in [-0.3, -0.25) is 0 Å². The molecule has 5 nitrogen and oxygen atoms in total. The van der Waals surface area contributed by atoms with Crippen molar-refractivity contribution in [2.75, 3.05) is 44.8 Å². The highest BCUT2D eigenvalue weighted by Gasteiger charge is 2.19. The molecule has 6 heteroatoms. The molecule has 2 unspecified atom stereocenters. The SMILES string of the molecule is CCS(=O)(=O)CC(C)NCC1CN(C)CCO1. The summed E-state index contributed by atoms with van der Waals surface area (Å²) in [6.07, 6.45) is 0.167. The molecular weight excluding hydrogens is 240 g/mol. The molecule has 0 radical (unpaired) electrons. The van der Waals surface area contributed by atoms with Gasteiger partial charge in [0.25, 0.3) is 0 Å². The highest BCUT2D eigenvalue weighted by atomic mass is 32.2. The number of hydrogen-bond acceptors (Lipinski definition) is 5. The third-order valence-corrected chi connectivity index (χ3v) is 4.87. The number of hydrogen-bond donors (Lipinski definition) is 1. The van der Waals surface area contributed by atoms with Crippen molar-refractivity contribution in [1.29, 1.82) is 0 Å². The largest absolute Gasteiger partial charge is 0.374 e. The zero-order chi connectivity index (χ0) is 12.9. The van der Waals surface area contributed by atoms with E-state index in [2.05, 4.69) is 17.3 Å². The number of likely N-dealkylation sites (N-methyl/N-ethyl adjacent to an activating group) is 1. The van der Waals surface area contributed by atoms with Crippen LogP contribution in [-0.2, 0) is 14.6 Å². The minimum absolute atomic E-state index is 0.0178. The van der Waals surface area contributed by atoms with Gasteiger partial charge in [-0.1, -0.05) is 6.92 Å². The van der Waals surface area contributed by atoms with Crippen LogP contribution in [0.4, 0.5) is 0 Å². The molecule has 1 rings (SSSR count). The van der Waals surface area contributed by atoms with E-state index in [1.165, 1.54) is 0 Å². The lowest BCUT2D eigenvalue weighted by molar-refractivity contribution is -0.0188. The van der Waals surface area contributed by atoms with Gasteiger partial charge in [0.15, 0.2) is 9.84 Å². The second-order valence-electron chi connectivity index (χ2n) is 4.76. The maximum atomic E-state index is 11.4. The molecule has 17 heavy (non-hydrogen) atoms. The van der Waals surface area contributed by atoms with Gasteiger partial charge in [0, 0.05) is 31.4 Å². The maximum Gasteiger partial charge on any atom is 0.151 e. The van der Waals surface area contributed by atoms with Crippen LogP contribution in [0.15, 0.2) is 0 Å². The van der Waals surface area contributed by atoms with Gasteiger partial charge in [0.1, 0.15) is 0 Å². The average Bonchev–Trinajstić information content (AvgIpc) is 2.26. The molecule has 1 fully saturated rings. The summed E-state index contributed by atoms with van der Waals surface area (Å²) in [7, 11) is -0.826. The second kappa shape index (κ2) is 6.68. The predicted molar refractivity (Wildman–Crippen MR) is 69.0 cm³/mol. The van der Waals surface area contributed by atoms with E-state index in [9.17, 15) is 8.42 Å². The molecule has 0 aromatic heterocycles. The van der Waals surface area contributed by atoms with Crippen LogP contribution in [0, 0.1) is 0 Å². The van der Waals surface area contributed by atoms with Crippen LogP contribution < -0.4 is 5.32 Å². The van der Waals surface area contributed by atoms with Crippen LogP contribution in [0.25, 0.3) is 0 Å². The van der Waals surface area contributed by atoms with Gasteiger partial charge in [0.2, 0.25) is 0 Å². The molecule has 0 aromatic carbocycles. The van der Waals surface area contributed by atoms with Crippen molar-refractivity contribution in [2.24, 2.45) is 0 Å². The van der Waals surface area contributed by atoms with Gasteiger partial charge in [-0.25, -0.2) is 8.42 Å². The van der Waals surface area contributed by atoms with E-state index in [0.29, 0.717) is 6.54 Å². The molecule has 0 aliphatic carbocycles. The highest BCUT2D eigenvalue weighted by Crippen LogP contribution is 2.02. The smallest absolute Gasteiger partial charge is 0.151 e. The van der Waals surface area contributed by atoms with Crippen LogP contribution in [0.2, 0.25) is 0 Å². The number of sulfone groups is 1. The number of rotatable bonds is 6. The number of nitrogens with zero attached hydrogens (tertiary/aromatic N) is 1. The van der Waals surface area contributed by atoms with Crippen LogP contribution in [0.5, 0.6) is 0 Å². The van der Waals surface area contributed by atoms with Crippen molar-refractivity contribution in [3.63, 3.8) is 0 Å². The van der Waals surface area contributed by atoms with E-state index in [0.717, 1.165) is 19.7 Å². The Morgan fingerprint density at radius 2 is 2.24 bits per heavy atom. The maximum absolute atomic E-state index is 11.4. The van der Waals surface area contributed by atoms with E-state index < -0.39 is 9.84 Å².